The quantitative estimate of drug-likeness (QED) is 0.505. The zero-order valence-corrected chi connectivity index (χ0v) is 16.9. The van der Waals surface area contributed by atoms with Crippen molar-refractivity contribution in [1.29, 1.82) is 0 Å². The Hall–Kier alpha value is -4.07. The molecular weight excluding hydrogens is 380 g/mol. The molecule has 8 heteroatoms. The van der Waals surface area contributed by atoms with Gasteiger partial charge in [-0.05, 0) is 24.3 Å². The van der Waals surface area contributed by atoms with Crippen molar-refractivity contribution in [3.8, 4) is 22.8 Å². The molecule has 2 heterocycles. The monoisotopic (exact) mass is 400 g/mol. The summed E-state index contributed by atoms with van der Waals surface area (Å²) in [5.74, 6) is 0.226. The van der Waals surface area contributed by atoms with Crippen molar-refractivity contribution in [2.24, 2.45) is 0 Å². The van der Waals surface area contributed by atoms with Crippen LogP contribution in [0.3, 0.4) is 0 Å². The third kappa shape index (κ3) is 3.88. The molecular formula is C22H20N6O2. The summed E-state index contributed by atoms with van der Waals surface area (Å²) in [5.41, 5.74) is 3.49. The van der Waals surface area contributed by atoms with Gasteiger partial charge in [-0.25, -0.2) is 4.98 Å². The van der Waals surface area contributed by atoms with E-state index >= 15 is 0 Å². The van der Waals surface area contributed by atoms with E-state index in [9.17, 15) is 4.79 Å². The number of benzene rings is 2. The number of anilines is 2. The lowest BCUT2D eigenvalue weighted by Gasteiger charge is -2.13. The van der Waals surface area contributed by atoms with Gasteiger partial charge in [-0.15, -0.1) is 5.10 Å². The van der Waals surface area contributed by atoms with Crippen LogP contribution in [0.5, 0.6) is 0 Å². The third-order valence-electron chi connectivity index (χ3n) is 4.53. The Morgan fingerprint density at radius 1 is 0.867 bits per heavy atom. The van der Waals surface area contributed by atoms with Gasteiger partial charge in [0, 0.05) is 38.0 Å². The van der Waals surface area contributed by atoms with Gasteiger partial charge in [0.05, 0.1) is 18.1 Å². The molecule has 0 saturated carbocycles. The van der Waals surface area contributed by atoms with Gasteiger partial charge in [0.1, 0.15) is 5.69 Å². The molecule has 0 spiro atoms. The fourth-order valence-electron chi connectivity index (χ4n) is 2.87. The van der Waals surface area contributed by atoms with Crippen molar-refractivity contribution >= 4 is 17.6 Å². The van der Waals surface area contributed by atoms with Crippen LogP contribution in [0.2, 0.25) is 0 Å². The van der Waals surface area contributed by atoms with Gasteiger partial charge in [0.2, 0.25) is 0 Å². The minimum atomic E-state index is -0.0534. The maximum atomic E-state index is 12.1. The predicted octanol–water partition coefficient (Wildman–Crippen LogP) is 3.66. The molecule has 2 aromatic carbocycles. The van der Waals surface area contributed by atoms with E-state index in [1.165, 1.54) is 4.90 Å². The number of hydrogen-bond donors (Lipinski definition) is 0. The molecule has 4 rings (SSSR count). The Morgan fingerprint density at radius 3 is 2.27 bits per heavy atom. The molecule has 150 valence electrons. The van der Waals surface area contributed by atoms with Gasteiger partial charge >= 0.3 is 6.01 Å². The molecule has 30 heavy (non-hydrogen) atoms. The van der Waals surface area contributed by atoms with Gasteiger partial charge in [-0.3, -0.25) is 14.7 Å². The summed E-state index contributed by atoms with van der Waals surface area (Å²) in [4.78, 5) is 24.2. The third-order valence-corrected chi connectivity index (χ3v) is 4.53. The molecule has 0 aliphatic rings. The number of para-hydroxylation sites is 1. The molecule has 0 aliphatic carbocycles. The zero-order chi connectivity index (χ0) is 21.1. The Balaban J connectivity index is 1.58. The van der Waals surface area contributed by atoms with Gasteiger partial charge in [-0.1, -0.05) is 35.4 Å². The molecule has 0 fully saturated rings. The minimum absolute atomic E-state index is 0.0534. The van der Waals surface area contributed by atoms with Crippen LogP contribution < -0.4 is 4.90 Å². The first-order valence-corrected chi connectivity index (χ1v) is 9.30. The molecule has 2 aromatic heterocycles. The van der Waals surface area contributed by atoms with Crippen molar-refractivity contribution < 1.29 is 9.21 Å². The highest BCUT2D eigenvalue weighted by Gasteiger charge is 2.16. The first-order chi connectivity index (χ1) is 14.5. The van der Waals surface area contributed by atoms with Crippen molar-refractivity contribution in [3.63, 3.8) is 0 Å². The van der Waals surface area contributed by atoms with Crippen LogP contribution in [0.4, 0.5) is 11.7 Å². The lowest BCUT2D eigenvalue weighted by atomic mass is 10.1. The molecule has 0 atom stereocenters. The van der Waals surface area contributed by atoms with Gasteiger partial charge in [-0.2, -0.15) is 0 Å². The summed E-state index contributed by atoms with van der Waals surface area (Å²) < 4.78 is 5.80. The Bertz CT molecular complexity index is 1160. The summed E-state index contributed by atoms with van der Waals surface area (Å²) in [6, 6.07) is 17.3. The van der Waals surface area contributed by atoms with Crippen LogP contribution in [0.1, 0.15) is 10.4 Å². The SMILES string of the molecule is CN(C)C(=O)c1ccc(-c2cncc(-c3nnc(N(C)c4ccccc4)o3)n2)cc1. The summed E-state index contributed by atoms with van der Waals surface area (Å²) in [5, 5.41) is 8.23. The molecule has 0 N–H and O–H groups in total. The minimum Gasteiger partial charge on any atom is -0.401 e. The normalized spacial score (nSPS) is 10.6. The molecule has 0 unspecified atom stereocenters. The number of nitrogens with zero attached hydrogens (tertiary/aromatic N) is 6. The highest BCUT2D eigenvalue weighted by atomic mass is 16.4. The molecule has 0 aliphatic heterocycles. The average molecular weight is 400 g/mol. The highest BCUT2D eigenvalue weighted by molar-refractivity contribution is 5.94. The maximum absolute atomic E-state index is 12.1. The van der Waals surface area contributed by atoms with E-state index in [2.05, 4.69) is 20.2 Å². The summed E-state index contributed by atoms with van der Waals surface area (Å²) in [7, 11) is 5.30. The van der Waals surface area contributed by atoms with Crippen LogP contribution in [-0.2, 0) is 0 Å². The highest BCUT2D eigenvalue weighted by Crippen LogP contribution is 2.26. The van der Waals surface area contributed by atoms with Gasteiger partial charge in [0.25, 0.3) is 11.8 Å². The fraction of sp³-hybridized carbons (Fsp3) is 0.136. The fourth-order valence-corrected chi connectivity index (χ4v) is 2.87. The van der Waals surface area contributed by atoms with Crippen LogP contribution >= 0.6 is 0 Å². The topological polar surface area (TPSA) is 88.3 Å². The van der Waals surface area contributed by atoms with Crippen molar-refractivity contribution in [3.05, 3.63) is 72.6 Å². The second kappa shape index (κ2) is 8.12. The predicted molar refractivity (Wildman–Crippen MR) is 113 cm³/mol. The average Bonchev–Trinajstić information content (AvgIpc) is 3.29. The Labute approximate surface area is 173 Å². The lowest BCUT2D eigenvalue weighted by Crippen LogP contribution is -2.21. The zero-order valence-electron chi connectivity index (χ0n) is 16.9. The van der Waals surface area contributed by atoms with Crippen molar-refractivity contribution in [2.45, 2.75) is 0 Å². The summed E-state index contributed by atoms with van der Waals surface area (Å²) >= 11 is 0. The number of hydrogen-bond acceptors (Lipinski definition) is 7. The Kier molecular flexibility index (Phi) is 5.21. The second-order valence-electron chi connectivity index (χ2n) is 6.85. The first-order valence-electron chi connectivity index (χ1n) is 9.30. The van der Waals surface area contributed by atoms with E-state index in [0.717, 1.165) is 11.3 Å². The van der Waals surface area contributed by atoms with Crippen molar-refractivity contribution in [1.82, 2.24) is 25.1 Å². The van der Waals surface area contributed by atoms with E-state index in [-0.39, 0.29) is 11.8 Å². The summed E-state index contributed by atoms with van der Waals surface area (Å²) in [6.07, 6.45) is 3.23. The number of carbonyl (C=O) groups is 1. The molecule has 0 bridgehead atoms. The van der Waals surface area contributed by atoms with E-state index in [1.807, 2.05) is 49.5 Å². The van der Waals surface area contributed by atoms with Crippen LogP contribution in [0.15, 0.2) is 71.4 Å². The first kappa shape index (κ1) is 19.3. The largest absolute Gasteiger partial charge is 0.401 e. The van der Waals surface area contributed by atoms with Gasteiger partial charge in [0.15, 0.2) is 0 Å². The second-order valence-corrected chi connectivity index (χ2v) is 6.85. The standard InChI is InChI=1S/C22H20N6O2/c1-27(2)21(29)16-11-9-15(10-12-16)18-13-23-14-19(24-18)20-25-26-22(30-20)28(3)17-7-5-4-6-8-17/h4-14H,1-3H3. The molecule has 8 nitrogen and oxygen atoms in total. The Morgan fingerprint density at radius 2 is 1.57 bits per heavy atom. The van der Waals surface area contributed by atoms with Crippen LogP contribution in [0.25, 0.3) is 22.8 Å². The van der Waals surface area contributed by atoms with E-state index in [1.54, 1.807) is 43.5 Å². The van der Waals surface area contributed by atoms with Crippen LogP contribution in [-0.4, -0.2) is 52.1 Å². The van der Waals surface area contributed by atoms with Crippen molar-refractivity contribution in [2.75, 3.05) is 26.0 Å². The number of rotatable bonds is 5. The molecule has 1 amide bonds. The maximum Gasteiger partial charge on any atom is 0.322 e. The van der Waals surface area contributed by atoms with Gasteiger partial charge < -0.3 is 9.32 Å². The summed E-state index contributed by atoms with van der Waals surface area (Å²) in [6.45, 7) is 0. The molecule has 0 saturated heterocycles. The smallest absolute Gasteiger partial charge is 0.322 e. The number of aromatic nitrogens is 4. The lowest BCUT2D eigenvalue weighted by molar-refractivity contribution is 0.0827. The molecule has 0 radical (unpaired) electrons. The number of amides is 1. The van der Waals surface area contributed by atoms with E-state index < -0.39 is 0 Å². The molecule has 4 aromatic rings. The van der Waals surface area contributed by atoms with E-state index in [0.29, 0.717) is 23.0 Å². The number of carbonyl (C=O) groups excluding carboxylic acids is 1. The van der Waals surface area contributed by atoms with Crippen LogP contribution in [0, 0.1) is 0 Å². The van der Waals surface area contributed by atoms with E-state index in [4.69, 9.17) is 4.42 Å².